The fraction of sp³-hybridized carbons (Fsp3) is 0.105. The van der Waals surface area contributed by atoms with Crippen LogP contribution >= 0.6 is 0 Å². The summed E-state index contributed by atoms with van der Waals surface area (Å²) in [4.78, 5) is 11.9. The van der Waals surface area contributed by atoms with E-state index in [1.165, 1.54) is 42.1 Å². The molecule has 27 heavy (non-hydrogen) atoms. The minimum atomic E-state index is -0.509. The Bertz CT molecular complexity index is 1150. The van der Waals surface area contributed by atoms with Crippen molar-refractivity contribution in [2.24, 2.45) is 0 Å². The predicted molar refractivity (Wildman–Crippen MR) is 94.7 cm³/mol. The lowest BCUT2D eigenvalue weighted by molar-refractivity contribution is 0.300. The maximum Gasteiger partial charge on any atom is 0.338 e. The van der Waals surface area contributed by atoms with Crippen molar-refractivity contribution in [3.63, 3.8) is 0 Å². The van der Waals surface area contributed by atoms with Crippen molar-refractivity contribution in [1.29, 1.82) is 0 Å². The van der Waals surface area contributed by atoms with Gasteiger partial charge in [0.1, 0.15) is 35.2 Å². The summed E-state index contributed by atoms with van der Waals surface area (Å²) < 4.78 is 30.4. The van der Waals surface area contributed by atoms with Gasteiger partial charge >= 0.3 is 5.63 Å². The average Bonchev–Trinajstić information content (AvgIpc) is 3.15. The predicted octanol–water partition coefficient (Wildman–Crippen LogP) is 3.10. The van der Waals surface area contributed by atoms with Gasteiger partial charge in [-0.1, -0.05) is 5.21 Å². The van der Waals surface area contributed by atoms with Gasteiger partial charge in [-0.25, -0.2) is 13.9 Å². The molecule has 0 aliphatic heterocycles. The van der Waals surface area contributed by atoms with Crippen LogP contribution in [0.15, 0.2) is 63.9 Å². The van der Waals surface area contributed by atoms with Gasteiger partial charge in [-0.15, -0.1) is 5.10 Å². The minimum absolute atomic E-state index is 0.152. The monoisotopic (exact) mass is 367 g/mol. The number of ether oxygens (including phenoxy) is 2. The van der Waals surface area contributed by atoms with Crippen LogP contribution in [0.2, 0.25) is 0 Å². The Morgan fingerprint density at radius 2 is 1.89 bits per heavy atom. The van der Waals surface area contributed by atoms with Crippen LogP contribution in [-0.2, 0) is 6.61 Å². The highest BCUT2D eigenvalue weighted by atomic mass is 19.1. The lowest BCUT2D eigenvalue weighted by Crippen LogP contribution is -2.04. The number of methoxy groups -OCH3 is 1. The first kappa shape index (κ1) is 16.8. The lowest BCUT2D eigenvalue weighted by Gasteiger charge is -2.06. The largest absolute Gasteiger partial charge is 0.497 e. The molecule has 0 atom stereocenters. The molecule has 0 saturated carbocycles. The zero-order valence-electron chi connectivity index (χ0n) is 14.3. The molecule has 7 nitrogen and oxygen atoms in total. The molecule has 0 unspecified atom stereocenters. The number of fused-ring (bicyclic) bond motifs is 1. The Hall–Kier alpha value is -3.68. The summed E-state index contributed by atoms with van der Waals surface area (Å²) >= 11 is 0. The van der Waals surface area contributed by atoms with Crippen molar-refractivity contribution < 1.29 is 18.3 Å². The molecule has 0 spiro atoms. The third kappa shape index (κ3) is 3.50. The second kappa shape index (κ2) is 6.91. The van der Waals surface area contributed by atoms with Gasteiger partial charge in [0.05, 0.1) is 25.1 Å². The molecule has 4 rings (SSSR count). The van der Waals surface area contributed by atoms with Crippen molar-refractivity contribution in [2.75, 3.05) is 7.11 Å². The molecule has 0 N–H and O–H groups in total. The molecular formula is C19H14FN3O4. The molecule has 0 aliphatic carbocycles. The fourth-order valence-electron chi connectivity index (χ4n) is 2.61. The van der Waals surface area contributed by atoms with Gasteiger partial charge in [0, 0.05) is 11.5 Å². The number of hydrogen-bond donors (Lipinski definition) is 0. The van der Waals surface area contributed by atoms with Gasteiger partial charge in [-0.2, -0.15) is 0 Å². The van der Waals surface area contributed by atoms with Gasteiger partial charge in [0.2, 0.25) is 0 Å². The lowest BCUT2D eigenvalue weighted by atomic mass is 10.2. The molecule has 136 valence electrons. The van der Waals surface area contributed by atoms with Gasteiger partial charge in [-0.05, 0) is 36.4 Å². The summed E-state index contributed by atoms with van der Waals surface area (Å²) in [5.41, 5.74) is 0.959. The number of aromatic nitrogens is 3. The standard InChI is InChI=1S/C19H14FN3O4/c1-25-15-6-7-16-17(9-19(24)27-18(16)8-15)23-10-13(21-22-23)11-26-14-4-2-12(20)3-5-14/h2-10H,11H2,1H3. The maximum atomic E-state index is 12.9. The maximum absolute atomic E-state index is 12.9. The number of hydrogen-bond acceptors (Lipinski definition) is 6. The van der Waals surface area contributed by atoms with E-state index in [-0.39, 0.29) is 12.4 Å². The zero-order chi connectivity index (χ0) is 18.8. The first-order valence-electron chi connectivity index (χ1n) is 8.04. The third-order valence-corrected chi connectivity index (χ3v) is 3.92. The summed E-state index contributed by atoms with van der Waals surface area (Å²) in [5.74, 6) is 0.762. The fourth-order valence-corrected chi connectivity index (χ4v) is 2.61. The number of halogens is 1. The van der Waals surface area contributed by atoms with Gasteiger partial charge in [-0.3, -0.25) is 0 Å². The topological polar surface area (TPSA) is 79.4 Å². The summed E-state index contributed by atoms with van der Waals surface area (Å²) in [6, 6.07) is 12.2. The summed E-state index contributed by atoms with van der Waals surface area (Å²) in [6.45, 7) is 0.152. The number of rotatable bonds is 5. The minimum Gasteiger partial charge on any atom is -0.497 e. The normalized spacial score (nSPS) is 10.9. The SMILES string of the molecule is COc1ccc2c(-n3cc(COc4ccc(F)cc4)nn3)cc(=O)oc2c1. The summed E-state index contributed by atoms with van der Waals surface area (Å²) in [7, 11) is 1.54. The van der Waals surface area contributed by atoms with E-state index in [2.05, 4.69) is 10.3 Å². The molecule has 8 heteroatoms. The molecule has 2 aromatic heterocycles. The van der Waals surface area contributed by atoms with Crippen LogP contribution in [0.25, 0.3) is 16.7 Å². The van der Waals surface area contributed by atoms with Crippen molar-refractivity contribution in [1.82, 2.24) is 15.0 Å². The van der Waals surface area contributed by atoms with E-state index in [1.807, 2.05) is 0 Å². The molecule has 2 heterocycles. The average molecular weight is 367 g/mol. The van der Waals surface area contributed by atoms with Crippen LogP contribution in [-0.4, -0.2) is 22.1 Å². The Morgan fingerprint density at radius 1 is 1.11 bits per heavy atom. The molecule has 2 aromatic carbocycles. The van der Waals surface area contributed by atoms with Crippen LogP contribution in [0.4, 0.5) is 4.39 Å². The van der Waals surface area contributed by atoms with Crippen molar-refractivity contribution in [3.8, 4) is 17.2 Å². The molecule has 4 aromatic rings. The second-order valence-corrected chi connectivity index (χ2v) is 5.71. The molecular weight excluding hydrogens is 353 g/mol. The van der Waals surface area contributed by atoms with Gasteiger partial charge in [0.15, 0.2) is 0 Å². The highest BCUT2D eigenvalue weighted by Gasteiger charge is 2.11. The molecule has 0 fully saturated rings. The third-order valence-electron chi connectivity index (χ3n) is 3.92. The van der Waals surface area contributed by atoms with E-state index in [1.54, 1.807) is 24.4 Å². The molecule has 0 bridgehead atoms. The Balaban J connectivity index is 1.62. The van der Waals surface area contributed by atoms with E-state index in [4.69, 9.17) is 13.9 Å². The van der Waals surface area contributed by atoms with Crippen molar-refractivity contribution in [2.45, 2.75) is 6.61 Å². The number of nitrogens with zero attached hydrogens (tertiary/aromatic N) is 3. The van der Waals surface area contributed by atoms with Crippen LogP contribution in [0.5, 0.6) is 11.5 Å². The van der Waals surface area contributed by atoms with Crippen LogP contribution in [0.3, 0.4) is 0 Å². The van der Waals surface area contributed by atoms with E-state index >= 15 is 0 Å². The van der Waals surface area contributed by atoms with E-state index in [0.29, 0.717) is 33.8 Å². The Labute approximate surface area is 152 Å². The quantitative estimate of drug-likeness (QED) is 0.504. The summed E-state index contributed by atoms with van der Waals surface area (Å²) in [5, 5.41) is 8.80. The van der Waals surface area contributed by atoms with Crippen LogP contribution in [0, 0.1) is 5.82 Å². The van der Waals surface area contributed by atoms with E-state index in [0.717, 1.165) is 0 Å². The first-order valence-corrected chi connectivity index (χ1v) is 8.04. The van der Waals surface area contributed by atoms with E-state index in [9.17, 15) is 9.18 Å². The van der Waals surface area contributed by atoms with Crippen molar-refractivity contribution >= 4 is 11.0 Å². The Morgan fingerprint density at radius 3 is 2.67 bits per heavy atom. The molecule has 0 saturated heterocycles. The second-order valence-electron chi connectivity index (χ2n) is 5.71. The zero-order valence-corrected chi connectivity index (χ0v) is 14.3. The highest BCUT2D eigenvalue weighted by molar-refractivity contribution is 5.86. The first-order chi connectivity index (χ1) is 13.1. The van der Waals surface area contributed by atoms with Crippen LogP contribution in [0.1, 0.15) is 5.69 Å². The highest BCUT2D eigenvalue weighted by Crippen LogP contribution is 2.24. The molecule has 0 aliphatic rings. The van der Waals surface area contributed by atoms with Crippen molar-refractivity contribution in [3.05, 3.63) is 76.7 Å². The molecule has 0 radical (unpaired) electrons. The van der Waals surface area contributed by atoms with Gasteiger partial charge in [0.25, 0.3) is 0 Å². The number of benzene rings is 2. The summed E-state index contributed by atoms with van der Waals surface area (Å²) in [6.07, 6.45) is 1.65. The smallest absolute Gasteiger partial charge is 0.338 e. The van der Waals surface area contributed by atoms with Crippen LogP contribution < -0.4 is 15.1 Å². The molecule has 0 amide bonds. The van der Waals surface area contributed by atoms with E-state index < -0.39 is 5.63 Å². The van der Waals surface area contributed by atoms with Gasteiger partial charge < -0.3 is 13.9 Å². The Kier molecular flexibility index (Phi) is 4.29.